The van der Waals surface area contributed by atoms with Gasteiger partial charge in [0.1, 0.15) is 0 Å². The molecule has 0 spiro atoms. The van der Waals surface area contributed by atoms with Crippen LogP contribution in [0.25, 0.3) is 0 Å². The van der Waals surface area contributed by atoms with E-state index in [4.69, 9.17) is 5.11 Å². The molecular formula is C11H21NO2. The summed E-state index contributed by atoms with van der Waals surface area (Å²) in [6.45, 7) is 7.79. The highest BCUT2D eigenvalue weighted by molar-refractivity contribution is 5.81. The second-order valence-electron chi connectivity index (χ2n) is 5.17. The summed E-state index contributed by atoms with van der Waals surface area (Å²) in [5, 5.41) is 8.81. The smallest absolute Gasteiger partial charge is 0.227 e. The largest absolute Gasteiger partial charge is 0.396 e. The second kappa shape index (κ2) is 4.30. The Labute approximate surface area is 86.1 Å². The van der Waals surface area contributed by atoms with Crippen LogP contribution in [0.2, 0.25) is 0 Å². The van der Waals surface area contributed by atoms with Crippen molar-refractivity contribution in [1.82, 2.24) is 4.90 Å². The molecule has 0 radical (unpaired) electrons. The molecule has 1 rings (SSSR count). The van der Waals surface area contributed by atoms with Crippen LogP contribution in [0.4, 0.5) is 0 Å². The minimum absolute atomic E-state index is 0.234. The molecule has 1 amide bonds. The lowest BCUT2D eigenvalue weighted by atomic mass is 9.95. The summed E-state index contributed by atoms with van der Waals surface area (Å²) in [6.07, 6.45) is 1.87. The molecule has 1 unspecified atom stereocenters. The predicted octanol–water partition coefficient (Wildman–Crippen LogP) is 1.26. The number of hydrogen-bond acceptors (Lipinski definition) is 2. The number of hydrogen-bond donors (Lipinski definition) is 1. The van der Waals surface area contributed by atoms with E-state index in [-0.39, 0.29) is 17.9 Å². The monoisotopic (exact) mass is 199 g/mol. The Morgan fingerprint density at radius 3 is 2.64 bits per heavy atom. The van der Waals surface area contributed by atoms with E-state index in [9.17, 15) is 4.79 Å². The molecule has 1 aliphatic heterocycles. The van der Waals surface area contributed by atoms with E-state index in [0.29, 0.717) is 5.92 Å². The fourth-order valence-electron chi connectivity index (χ4n) is 1.91. The van der Waals surface area contributed by atoms with Gasteiger partial charge < -0.3 is 10.0 Å². The van der Waals surface area contributed by atoms with E-state index < -0.39 is 0 Å². The fourth-order valence-corrected chi connectivity index (χ4v) is 1.91. The van der Waals surface area contributed by atoms with Gasteiger partial charge in [-0.2, -0.15) is 0 Å². The van der Waals surface area contributed by atoms with Gasteiger partial charge in [-0.05, 0) is 18.8 Å². The van der Waals surface area contributed by atoms with Crippen LogP contribution in [-0.2, 0) is 4.79 Å². The van der Waals surface area contributed by atoms with Crippen molar-refractivity contribution in [3.63, 3.8) is 0 Å². The Morgan fingerprint density at radius 2 is 2.14 bits per heavy atom. The number of likely N-dealkylation sites (tertiary alicyclic amines) is 1. The molecule has 14 heavy (non-hydrogen) atoms. The van der Waals surface area contributed by atoms with Crippen LogP contribution >= 0.6 is 0 Å². The van der Waals surface area contributed by atoms with Crippen LogP contribution in [0.15, 0.2) is 0 Å². The number of aliphatic hydroxyl groups excluding tert-OH is 1. The van der Waals surface area contributed by atoms with Gasteiger partial charge in [-0.1, -0.05) is 20.8 Å². The maximum Gasteiger partial charge on any atom is 0.227 e. The topological polar surface area (TPSA) is 40.5 Å². The summed E-state index contributed by atoms with van der Waals surface area (Å²) >= 11 is 0. The van der Waals surface area contributed by atoms with Crippen LogP contribution in [0, 0.1) is 11.3 Å². The van der Waals surface area contributed by atoms with E-state index >= 15 is 0 Å². The molecule has 0 bridgehead atoms. The average Bonchev–Trinajstić information content (AvgIpc) is 2.50. The first-order valence-corrected chi connectivity index (χ1v) is 5.35. The number of carbonyl (C=O) groups is 1. The van der Waals surface area contributed by atoms with Crippen LogP contribution in [-0.4, -0.2) is 35.6 Å². The van der Waals surface area contributed by atoms with Crippen molar-refractivity contribution >= 4 is 5.91 Å². The van der Waals surface area contributed by atoms with Gasteiger partial charge >= 0.3 is 0 Å². The SMILES string of the molecule is CC(C)(C)C(=O)N1CCC(CCO)C1. The quantitative estimate of drug-likeness (QED) is 0.727. The van der Waals surface area contributed by atoms with Crippen molar-refractivity contribution in [3.05, 3.63) is 0 Å². The normalized spacial score (nSPS) is 22.9. The molecule has 1 fully saturated rings. The van der Waals surface area contributed by atoms with E-state index in [0.717, 1.165) is 25.9 Å². The number of nitrogens with zero attached hydrogens (tertiary/aromatic N) is 1. The molecule has 82 valence electrons. The lowest BCUT2D eigenvalue weighted by molar-refractivity contribution is -0.138. The Balaban J connectivity index is 2.46. The molecule has 3 heteroatoms. The number of amides is 1. The Morgan fingerprint density at radius 1 is 1.50 bits per heavy atom. The average molecular weight is 199 g/mol. The first kappa shape index (κ1) is 11.5. The maximum absolute atomic E-state index is 11.9. The first-order chi connectivity index (χ1) is 6.45. The highest BCUT2D eigenvalue weighted by Gasteiger charge is 2.32. The number of carbonyl (C=O) groups excluding carboxylic acids is 1. The van der Waals surface area contributed by atoms with Gasteiger partial charge in [-0.15, -0.1) is 0 Å². The third-order valence-corrected chi connectivity index (χ3v) is 2.75. The molecule has 1 atom stereocenters. The Kier molecular flexibility index (Phi) is 3.53. The van der Waals surface area contributed by atoms with Crippen molar-refractivity contribution < 1.29 is 9.90 Å². The van der Waals surface area contributed by atoms with Gasteiger partial charge in [0, 0.05) is 25.1 Å². The van der Waals surface area contributed by atoms with Crippen LogP contribution in [0.3, 0.4) is 0 Å². The van der Waals surface area contributed by atoms with E-state index in [1.807, 2.05) is 25.7 Å². The molecule has 3 nitrogen and oxygen atoms in total. The van der Waals surface area contributed by atoms with Gasteiger partial charge in [-0.25, -0.2) is 0 Å². The first-order valence-electron chi connectivity index (χ1n) is 5.35. The van der Waals surface area contributed by atoms with Crippen molar-refractivity contribution in [2.24, 2.45) is 11.3 Å². The lowest BCUT2D eigenvalue weighted by Crippen LogP contribution is -2.37. The molecule has 1 N–H and O–H groups in total. The molecule has 0 aromatic heterocycles. The standard InChI is InChI=1S/C11H21NO2/c1-11(2,3)10(14)12-6-4-9(8-12)5-7-13/h9,13H,4-8H2,1-3H3. The zero-order chi connectivity index (χ0) is 10.8. The third-order valence-electron chi connectivity index (χ3n) is 2.75. The summed E-state index contributed by atoms with van der Waals surface area (Å²) in [7, 11) is 0. The molecule has 0 aliphatic carbocycles. The summed E-state index contributed by atoms with van der Waals surface area (Å²) < 4.78 is 0. The molecular weight excluding hydrogens is 178 g/mol. The molecule has 0 saturated carbocycles. The minimum Gasteiger partial charge on any atom is -0.396 e. The summed E-state index contributed by atoms with van der Waals surface area (Å²) in [5.41, 5.74) is -0.270. The third kappa shape index (κ3) is 2.71. The Bertz CT molecular complexity index is 208. The molecule has 1 saturated heterocycles. The molecule has 1 heterocycles. The van der Waals surface area contributed by atoms with Crippen LogP contribution < -0.4 is 0 Å². The number of aliphatic hydroxyl groups is 1. The summed E-state index contributed by atoms with van der Waals surface area (Å²) in [4.78, 5) is 13.8. The zero-order valence-corrected chi connectivity index (χ0v) is 9.42. The maximum atomic E-state index is 11.9. The van der Waals surface area contributed by atoms with Crippen molar-refractivity contribution in [1.29, 1.82) is 0 Å². The minimum atomic E-state index is -0.270. The highest BCUT2D eigenvalue weighted by Crippen LogP contribution is 2.25. The zero-order valence-electron chi connectivity index (χ0n) is 9.42. The van der Waals surface area contributed by atoms with Gasteiger partial charge in [0.05, 0.1) is 0 Å². The van der Waals surface area contributed by atoms with Gasteiger partial charge in [0.15, 0.2) is 0 Å². The van der Waals surface area contributed by atoms with E-state index in [1.165, 1.54) is 0 Å². The van der Waals surface area contributed by atoms with Crippen LogP contribution in [0.1, 0.15) is 33.6 Å². The van der Waals surface area contributed by atoms with Crippen molar-refractivity contribution in [2.45, 2.75) is 33.6 Å². The summed E-state index contributed by atoms with van der Waals surface area (Å²) in [5.74, 6) is 0.740. The van der Waals surface area contributed by atoms with Crippen molar-refractivity contribution in [3.8, 4) is 0 Å². The molecule has 0 aromatic carbocycles. The van der Waals surface area contributed by atoms with Gasteiger partial charge in [0.25, 0.3) is 0 Å². The molecule has 1 aliphatic rings. The van der Waals surface area contributed by atoms with Crippen molar-refractivity contribution in [2.75, 3.05) is 19.7 Å². The fraction of sp³-hybridized carbons (Fsp3) is 0.909. The van der Waals surface area contributed by atoms with Gasteiger partial charge in [0.2, 0.25) is 5.91 Å². The second-order valence-corrected chi connectivity index (χ2v) is 5.17. The number of rotatable bonds is 2. The highest BCUT2D eigenvalue weighted by atomic mass is 16.3. The molecule has 0 aromatic rings. The predicted molar refractivity (Wildman–Crippen MR) is 55.8 cm³/mol. The van der Waals surface area contributed by atoms with E-state index in [1.54, 1.807) is 0 Å². The summed E-state index contributed by atoms with van der Waals surface area (Å²) in [6, 6.07) is 0. The van der Waals surface area contributed by atoms with Crippen LogP contribution in [0.5, 0.6) is 0 Å². The lowest BCUT2D eigenvalue weighted by Gasteiger charge is -2.25. The van der Waals surface area contributed by atoms with E-state index in [2.05, 4.69) is 0 Å². The van der Waals surface area contributed by atoms with Gasteiger partial charge in [-0.3, -0.25) is 4.79 Å². The Hall–Kier alpha value is -0.570.